The number of sulfonamides is 1. The first-order valence-corrected chi connectivity index (χ1v) is 9.77. The number of halogens is 1. The van der Waals surface area contributed by atoms with Crippen LogP contribution in [0.2, 0.25) is 5.02 Å². The summed E-state index contributed by atoms with van der Waals surface area (Å²) >= 11 is 6.07. The lowest BCUT2D eigenvalue weighted by Gasteiger charge is -2.19. The average Bonchev–Trinajstić information content (AvgIpc) is 2.54. The van der Waals surface area contributed by atoms with Gasteiger partial charge in [-0.05, 0) is 42.2 Å². The minimum atomic E-state index is -3.51. The highest BCUT2D eigenvalue weighted by atomic mass is 35.5. The topological polar surface area (TPSA) is 55.4 Å². The summed E-state index contributed by atoms with van der Waals surface area (Å²) in [6, 6.07) is 12.4. The van der Waals surface area contributed by atoms with Crippen LogP contribution in [-0.2, 0) is 15.8 Å². The van der Waals surface area contributed by atoms with Gasteiger partial charge in [0.05, 0.1) is 12.9 Å². The summed E-state index contributed by atoms with van der Waals surface area (Å²) in [7, 11) is -1.89. The molecule has 0 saturated carbocycles. The van der Waals surface area contributed by atoms with Gasteiger partial charge >= 0.3 is 0 Å². The van der Waals surface area contributed by atoms with Crippen molar-refractivity contribution in [2.75, 3.05) is 7.11 Å². The van der Waals surface area contributed by atoms with E-state index >= 15 is 0 Å². The summed E-state index contributed by atoms with van der Waals surface area (Å²) in [5.74, 6) is 0.644. The molecule has 0 radical (unpaired) electrons. The molecule has 2 aromatic carbocycles. The van der Waals surface area contributed by atoms with E-state index in [0.29, 0.717) is 17.0 Å². The molecule has 130 valence electrons. The van der Waals surface area contributed by atoms with Gasteiger partial charge in [0.25, 0.3) is 0 Å². The van der Waals surface area contributed by atoms with Gasteiger partial charge in [-0.25, -0.2) is 13.1 Å². The van der Waals surface area contributed by atoms with Crippen molar-refractivity contribution >= 4 is 21.6 Å². The number of benzene rings is 2. The van der Waals surface area contributed by atoms with E-state index in [9.17, 15) is 8.42 Å². The fourth-order valence-corrected chi connectivity index (χ4v) is 4.35. The van der Waals surface area contributed by atoms with Crippen LogP contribution in [0.25, 0.3) is 0 Å². The van der Waals surface area contributed by atoms with E-state index in [1.165, 1.54) is 0 Å². The largest absolute Gasteiger partial charge is 0.496 e. The number of hydrogen-bond acceptors (Lipinski definition) is 3. The van der Waals surface area contributed by atoms with Crippen molar-refractivity contribution in [2.45, 2.75) is 32.1 Å². The van der Waals surface area contributed by atoms with Crippen LogP contribution in [0, 0.1) is 6.92 Å². The average molecular weight is 368 g/mol. The molecule has 0 aliphatic heterocycles. The van der Waals surface area contributed by atoms with Gasteiger partial charge in [-0.3, -0.25) is 0 Å². The molecule has 0 fully saturated rings. The second-order valence-electron chi connectivity index (χ2n) is 5.66. The summed E-state index contributed by atoms with van der Waals surface area (Å²) in [6.45, 7) is 3.88. The van der Waals surface area contributed by atoms with Gasteiger partial charge in [-0.1, -0.05) is 48.9 Å². The van der Waals surface area contributed by atoms with Crippen LogP contribution in [0.4, 0.5) is 0 Å². The van der Waals surface area contributed by atoms with Gasteiger partial charge in [-0.2, -0.15) is 0 Å². The maximum Gasteiger partial charge on any atom is 0.216 e. The van der Waals surface area contributed by atoms with Crippen LogP contribution in [0.15, 0.2) is 42.5 Å². The van der Waals surface area contributed by atoms with Crippen molar-refractivity contribution in [3.8, 4) is 5.75 Å². The summed E-state index contributed by atoms with van der Waals surface area (Å²) in [5, 5.41) is 0.455. The molecule has 0 bridgehead atoms. The first-order valence-electron chi connectivity index (χ1n) is 7.74. The lowest BCUT2D eigenvalue weighted by Crippen LogP contribution is -2.29. The Bertz CT molecular complexity index is 806. The number of rotatable bonds is 7. The number of methoxy groups -OCH3 is 1. The Labute approximate surface area is 148 Å². The molecule has 24 heavy (non-hydrogen) atoms. The molecule has 2 aromatic rings. The predicted octanol–water partition coefficient (Wildman–Crippen LogP) is 4.23. The molecule has 1 N–H and O–H groups in total. The Kier molecular flexibility index (Phi) is 6.27. The summed E-state index contributed by atoms with van der Waals surface area (Å²) < 4.78 is 33.0. The molecule has 4 nitrogen and oxygen atoms in total. The highest BCUT2D eigenvalue weighted by Crippen LogP contribution is 2.25. The Hall–Kier alpha value is -1.56. The second kappa shape index (κ2) is 8.01. The molecule has 6 heteroatoms. The molecule has 0 spiro atoms. The van der Waals surface area contributed by atoms with Crippen molar-refractivity contribution in [3.63, 3.8) is 0 Å². The van der Waals surface area contributed by atoms with E-state index in [4.69, 9.17) is 16.3 Å². The zero-order chi connectivity index (χ0) is 17.7. The highest BCUT2D eigenvalue weighted by molar-refractivity contribution is 7.88. The molecule has 0 saturated heterocycles. The number of nitrogens with one attached hydrogen (secondary N) is 1. The van der Waals surface area contributed by atoms with E-state index < -0.39 is 10.0 Å². The normalized spacial score (nSPS) is 12.8. The van der Waals surface area contributed by atoms with Gasteiger partial charge in [0.1, 0.15) is 5.75 Å². The van der Waals surface area contributed by atoms with Crippen LogP contribution >= 0.6 is 11.6 Å². The van der Waals surface area contributed by atoms with E-state index in [0.717, 1.165) is 16.9 Å². The lowest BCUT2D eigenvalue weighted by molar-refractivity contribution is 0.411. The Morgan fingerprint density at radius 1 is 1.21 bits per heavy atom. The Balaban J connectivity index is 2.20. The zero-order valence-electron chi connectivity index (χ0n) is 14.0. The van der Waals surface area contributed by atoms with Gasteiger partial charge in [0.2, 0.25) is 10.0 Å². The van der Waals surface area contributed by atoms with Crippen LogP contribution in [-0.4, -0.2) is 15.5 Å². The van der Waals surface area contributed by atoms with Crippen molar-refractivity contribution in [1.29, 1.82) is 0 Å². The van der Waals surface area contributed by atoms with E-state index in [1.54, 1.807) is 31.4 Å². The number of ether oxygens (including phenoxy) is 1. The molecule has 0 aliphatic rings. The third-order valence-corrected chi connectivity index (χ3v) is 5.56. The summed E-state index contributed by atoms with van der Waals surface area (Å²) in [5.41, 5.74) is 2.48. The highest BCUT2D eigenvalue weighted by Gasteiger charge is 2.20. The van der Waals surface area contributed by atoms with Gasteiger partial charge in [0.15, 0.2) is 0 Å². The maximum atomic E-state index is 12.5. The standard InChI is InChI=1S/C18H22ClNO3S/c1-4-17(14-9-10-18(23-3)13(2)11-14)20-24(21,22)12-15-7-5-6-8-16(15)19/h5-11,17,20H,4,12H2,1-3H3/t17-/m0/s1. The van der Waals surface area contributed by atoms with E-state index in [1.807, 2.05) is 32.0 Å². The molecule has 0 heterocycles. The minimum Gasteiger partial charge on any atom is -0.496 e. The van der Waals surface area contributed by atoms with E-state index in [-0.39, 0.29) is 11.8 Å². The second-order valence-corrected chi connectivity index (χ2v) is 7.82. The fourth-order valence-electron chi connectivity index (χ4n) is 2.58. The van der Waals surface area contributed by atoms with Crippen molar-refractivity contribution in [3.05, 3.63) is 64.2 Å². The van der Waals surface area contributed by atoms with Gasteiger partial charge in [-0.15, -0.1) is 0 Å². The van der Waals surface area contributed by atoms with Crippen molar-refractivity contribution in [2.24, 2.45) is 0 Å². The fraction of sp³-hybridized carbons (Fsp3) is 0.333. The first-order chi connectivity index (χ1) is 11.4. The van der Waals surface area contributed by atoms with Crippen LogP contribution in [0.1, 0.15) is 36.1 Å². The van der Waals surface area contributed by atoms with E-state index in [2.05, 4.69) is 4.72 Å². The molecule has 1 atom stereocenters. The quantitative estimate of drug-likeness (QED) is 0.796. The van der Waals surface area contributed by atoms with Crippen molar-refractivity contribution < 1.29 is 13.2 Å². The van der Waals surface area contributed by atoms with Gasteiger partial charge in [0, 0.05) is 11.1 Å². The smallest absolute Gasteiger partial charge is 0.216 e. The van der Waals surface area contributed by atoms with Crippen LogP contribution < -0.4 is 9.46 Å². The van der Waals surface area contributed by atoms with Gasteiger partial charge < -0.3 is 4.74 Å². The molecular weight excluding hydrogens is 346 g/mol. The maximum absolute atomic E-state index is 12.5. The first kappa shape index (κ1) is 18.8. The molecular formula is C18H22ClNO3S. The number of hydrogen-bond donors (Lipinski definition) is 1. The molecule has 0 aliphatic carbocycles. The molecule has 2 rings (SSSR count). The third kappa shape index (κ3) is 4.72. The zero-order valence-corrected chi connectivity index (χ0v) is 15.6. The monoisotopic (exact) mass is 367 g/mol. The third-order valence-electron chi connectivity index (χ3n) is 3.85. The lowest BCUT2D eigenvalue weighted by atomic mass is 10.0. The summed E-state index contributed by atoms with van der Waals surface area (Å²) in [4.78, 5) is 0. The number of aryl methyl sites for hydroxylation is 1. The minimum absolute atomic E-state index is 0.141. The molecule has 0 unspecified atom stereocenters. The Morgan fingerprint density at radius 3 is 2.50 bits per heavy atom. The molecule has 0 amide bonds. The Morgan fingerprint density at radius 2 is 1.92 bits per heavy atom. The SMILES string of the molecule is CC[C@H](NS(=O)(=O)Cc1ccccc1Cl)c1ccc(OC)c(C)c1. The predicted molar refractivity (Wildman–Crippen MR) is 98.0 cm³/mol. The van der Waals surface area contributed by atoms with Crippen LogP contribution in [0.5, 0.6) is 5.75 Å². The summed E-state index contributed by atoms with van der Waals surface area (Å²) in [6.07, 6.45) is 0.646. The van der Waals surface area contributed by atoms with Crippen LogP contribution in [0.3, 0.4) is 0 Å². The molecule has 0 aromatic heterocycles. The van der Waals surface area contributed by atoms with Crippen molar-refractivity contribution in [1.82, 2.24) is 4.72 Å².